The van der Waals surface area contributed by atoms with Crippen molar-refractivity contribution in [2.45, 2.75) is 25.7 Å². The maximum atomic E-state index is 12.7. The van der Waals surface area contributed by atoms with Gasteiger partial charge in [0.15, 0.2) is 5.13 Å². The fourth-order valence-corrected chi connectivity index (χ4v) is 4.55. The van der Waals surface area contributed by atoms with Crippen LogP contribution < -0.4 is 5.32 Å². The molecule has 4 nitrogen and oxygen atoms in total. The molecule has 1 amide bonds. The number of thiazole rings is 1. The summed E-state index contributed by atoms with van der Waals surface area (Å²) in [5, 5.41) is 5.57. The zero-order valence-corrected chi connectivity index (χ0v) is 16.8. The number of anilines is 1. The number of carbonyl (C=O) groups excluding carboxylic acids is 1. The van der Waals surface area contributed by atoms with Crippen LogP contribution in [0, 0.1) is 0 Å². The Labute approximate surface area is 173 Å². The molecule has 29 heavy (non-hydrogen) atoms. The quantitative estimate of drug-likeness (QED) is 0.476. The molecule has 0 spiro atoms. The van der Waals surface area contributed by atoms with Gasteiger partial charge < -0.3 is 4.57 Å². The van der Waals surface area contributed by atoms with Gasteiger partial charge in [-0.25, -0.2) is 4.98 Å². The van der Waals surface area contributed by atoms with Crippen molar-refractivity contribution in [3.05, 3.63) is 89.1 Å². The number of benzene rings is 2. The smallest absolute Gasteiger partial charge is 0.257 e. The van der Waals surface area contributed by atoms with Crippen LogP contribution in [-0.4, -0.2) is 15.5 Å². The van der Waals surface area contributed by atoms with Crippen LogP contribution in [0.5, 0.6) is 0 Å². The molecule has 144 valence electrons. The lowest BCUT2D eigenvalue weighted by atomic mass is 9.90. The Hall–Kier alpha value is -3.18. The molecule has 0 atom stereocenters. The largest absolute Gasteiger partial charge is 0.324 e. The Morgan fingerprint density at radius 2 is 1.79 bits per heavy atom. The van der Waals surface area contributed by atoms with Crippen LogP contribution in [-0.2, 0) is 12.8 Å². The first kappa shape index (κ1) is 17.9. The molecular formula is C24H21N3OS. The van der Waals surface area contributed by atoms with Crippen LogP contribution in [0.25, 0.3) is 16.9 Å². The number of hydrogen-bond acceptors (Lipinski definition) is 3. The number of aromatic nitrogens is 2. The van der Waals surface area contributed by atoms with Crippen LogP contribution in [0.15, 0.2) is 72.4 Å². The van der Waals surface area contributed by atoms with Gasteiger partial charge in [-0.1, -0.05) is 18.2 Å². The van der Waals surface area contributed by atoms with Gasteiger partial charge in [0.05, 0.1) is 5.69 Å². The average Bonchev–Trinajstić information content (AvgIpc) is 3.46. The number of rotatable bonds is 4. The molecule has 1 aliphatic carbocycles. The van der Waals surface area contributed by atoms with Gasteiger partial charge in [0.25, 0.3) is 5.91 Å². The summed E-state index contributed by atoms with van der Waals surface area (Å²) in [6.45, 7) is 0. The molecule has 2 aromatic heterocycles. The van der Waals surface area contributed by atoms with E-state index in [4.69, 9.17) is 0 Å². The SMILES string of the molecule is O=C(Nc1nc(-c2ccc3c(c2)CCCC3)cs1)c1cccc(-n2cccc2)c1. The predicted molar refractivity (Wildman–Crippen MR) is 118 cm³/mol. The molecule has 0 bridgehead atoms. The second-order valence-corrected chi connectivity index (χ2v) is 8.18. The van der Waals surface area contributed by atoms with Gasteiger partial charge in [0.1, 0.15) is 0 Å². The maximum Gasteiger partial charge on any atom is 0.257 e. The number of hydrogen-bond donors (Lipinski definition) is 1. The van der Waals surface area contributed by atoms with E-state index in [0.717, 1.165) is 23.4 Å². The Balaban J connectivity index is 1.34. The minimum atomic E-state index is -0.148. The number of aryl methyl sites for hydroxylation is 2. The summed E-state index contributed by atoms with van der Waals surface area (Å²) in [5.41, 5.74) is 6.51. The first-order chi connectivity index (χ1) is 14.3. The number of nitrogens with one attached hydrogen (secondary N) is 1. The van der Waals surface area contributed by atoms with E-state index in [1.165, 1.54) is 41.7 Å². The summed E-state index contributed by atoms with van der Waals surface area (Å²) in [4.78, 5) is 17.4. The van der Waals surface area contributed by atoms with Crippen LogP contribution in [0.3, 0.4) is 0 Å². The van der Waals surface area contributed by atoms with E-state index < -0.39 is 0 Å². The topological polar surface area (TPSA) is 46.9 Å². The zero-order chi connectivity index (χ0) is 19.6. The summed E-state index contributed by atoms with van der Waals surface area (Å²) in [7, 11) is 0. The Morgan fingerprint density at radius 3 is 2.66 bits per heavy atom. The molecule has 0 unspecified atom stereocenters. The van der Waals surface area contributed by atoms with E-state index in [1.807, 2.05) is 58.7 Å². The fraction of sp³-hybridized carbons (Fsp3) is 0.167. The van der Waals surface area contributed by atoms with Gasteiger partial charge in [-0.3, -0.25) is 10.1 Å². The average molecular weight is 400 g/mol. The van der Waals surface area contributed by atoms with Crippen LogP contribution >= 0.6 is 11.3 Å². The molecule has 0 saturated heterocycles. The second-order valence-electron chi connectivity index (χ2n) is 7.32. The van der Waals surface area contributed by atoms with Gasteiger partial charge in [-0.2, -0.15) is 0 Å². The van der Waals surface area contributed by atoms with Crippen LogP contribution in [0.1, 0.15) is 34.3 Å². The van der Waals surface area contributed by atoms with E-state index in [9.17, 15) is 4.79 Å². The van der Waals surface area contributed by atoms with Gasteiger partial charge >= 0.3 is 0 Å². The molecule has 0 saturated carbocycles. The van der Waals surface area contributed by atoms with Gasteiger partial charge in [-0.05, 0) is 73.2 Å². The monoisotopic (exact) mass is 399 g/mol. The van der Waals surface area contributed by atoms with E-state index in [-0.39, 0.29) is 5.91 Å². The van der Waals surface area contributed by atoms with Crippen molar-refractivity contribution in [1.29, 1.82) is 0 Å². The molecule has 5 heteroatoms. The van der Waals surface area contributed by atoms with Crippen molar-refractivity contribution in [3.63, 3.8) is 0 Å². The van der Waals surface area contributed by atoms with E-state index in [0.29, 0.717) is 10.7 Å². The summed E-state index contributed by atoms with van der Waals surface area (Å²) in [6.07, 6.45) is 8.79. The molecule has 0 aliphatic heterocycles. The molecule has 1 N–H and O–H groups in total. The lowest BCUT2D eigenvalue weighted by molar-refractivity contribution is 0.102. The predicted octanol–water partition coefficient (Wildman–Crippen LogP) is 5.73. The summed E-state index contributed by atoms with van der Waals surface area (Å²) in [5.74, 6) is -0.148. The summed E-state index contributed by atoms with van der Waals surface area (Å²) < 4.78 is 1.98. The van der Waals surface area contributed by atoms with Crippen LogP contribution in [0.4, 0.5) is 5.13 Å². The minimum Gasteiger partial charge on any atom is -0.324 e. The molecule has 0 radical (unpaired) electrons. The lowest BCUT2D eigenvalue weighted by Gasteiger charge is -2.16. The van der Waals surface area contributed by atoms with Gasteiger partial charge in [-0.15, -0.1) is 11.3 Å². The Morgan fingerprint density at radius 1 is 0.966 bits per heavy atom. The third kappa shape index (κ3) is 3.74. The molecular weight excluding hydrogens is 378 g/mol. The van der Waals surface area contributed by atoms with E-state index in [2.05, 4.69) is 28.5 Å². The lowest BCUT2D eigenvalue weighted by Crippen LogP contribution is -2.12. The molecule has 4 aromatic rings. The zero-order valence-electron chi connectivity index (χ0n) is 16.0. The third-order valence-corrected chi connectivity index (χ3v) is 6.14. The summed E-state index contributed by atoms with van der Waals surface area (Å²) in [6, 6.07) is 18.1. The first-order valence-electron chi connectivity index (χ1n) is 9.89. The molecule has 1 aliphatic rings. The highest BCUT2D eigenvalue weighted by molar-refractivity contribution is 7.14. The van der Waals surface area contributed by atoms with Crippen molar-refractivity contribution >= 4 is 22.4 Å². The molecule has 5 rings (SSSR count). The minimum absolute atomic E-state index is 0.148. The molecule has 0 fully saturated rings. The van der Waals surface area contributed by atoms with E-state index in [1.54, 1.807) is 0 Å². The number of nitrogens with zero attached hydrogens (tertiary/aromatic N) is 2. The van der Waals surface area contributed by atoms with Gasteiger partial charge in [0, 0.05) is 34.6 Å². The number of fused-ring (bicyclic) bond motifs is 1. The second kappa shape index (κ2) is 7.68. The van der Waals surface area contributed by atoms with Crippen molar-refractivity contribution in [2.75, 3.05) is 5.32 Å². The summed E-state index contributed by atoms with van der Waals surface area (Å²) >= 11 is 1.46. The molecule has 2 aromatic carbocycles. The number of amides is 1. The van der Waals surface area contributed by atoms with Crippen molar-refractivity contribution < 1.29 is 4.79 Å². The van der Waals surface area contributed by atoms with Crippen molar-refractivity contribution in [1.82, 2.24) is 9.55 Å². The molecule has 2 heterocycles. The fourth-order valence-electron chi connectivity index (χ4n) is 3.84. The van der Waals surface area contributed by atoms with Crippen molar-refractivity contribution in [2.24, 2.45) is 0 Å². The van der Waals surface area contributed by atoms with Gasteiger partial charge in [0.2, 0.25) is 0 Å². The maximum absolute atomic E-state index is 12.7. The number of carbonyl (C=O) groups is 1. The van der Waals surface area contributed by atoms with Crippen molar-refractivity contribution in [3.8, 4) is 16.9 Å². The normalized spacial score (nSPS) is 13.1. The highest BCUT2D eigenvalue weighted by Crippen LogP contribution is 2.29. The Bertz CT molecular complexity index is 1160. The first-order valence-corrected chi connectivity index (χ1v) is 10.8. The highest BCUT2D eigenvalue weighted by Gasteiger charge is 2.13. The Kier molecular flexibility index (Phi) is 4.74. The highest BCUT2D eigenvalue weighted by atomic mass is 32.1. The van der Waals surface area contributed by atoms with E-state index >= 15 is 0 Å². The standard InChI is InChI=1S/C24H21N3OS/c28-23(20-8-5-9-21(15-20)27-12-3-4-13-27)26-24-25-22(16-29-24)19-11-10-17-6-1-2-7-18(17)14-19/h3-5,8-16H,1-2,6-7H2,(H,25,26,28). The van der Waals surface area contributed by atoms with Crippen LogP contribution in [0.2, 0.25) is 0 Å². The third-order valence-electron chi connectivity index (χ3n) is 5.38.